The quantitative estimate of drug-likeness (QED) is 0.667. The van der Waals surface area contributed by atoms with Crippen LogP contribution < -0.4 is 5.32 Å². The van der Waals surface area contributed by atoms with E-state index in [2.05, 4.69) is 24.1 Å². The Morgan fingerprint density at radius 1 is 1.00 bits per heavy atom. The maximum absolute atomic E-state index is 3.57. The number of likely N-dealkylation sites (tertiary alicyclic amines) is 1. The van der Waals surface area contributed by atoms with E-state index in [1.54, 1.807) is 0 Å². The minimum Gasteiger partial charge on any atom is -0.316 e. The summed E-state index contributed by atoms with van der Waals surface area (Å²) < 4.78 is 0. The largest absolute Gasteiger partial charge is 0.316 e. The van der Waals surface area contributed by atoms with Gasteiger partial charge in [0.1, 0.15) is 0 Å². The molecule has 2 nitrogen and oxygen atoms in total. The molecule has 2 aliphatic rings. The van der Waals surface area contributed by atoms with Gasteiger partial charge in [-0.15, -0.1) is 0 Å². The van der Waals surface area contributed by atoms with Gasteiger partial charge in [0, 0.05) is 12.6 Å². The normalized spacial score (nSPS) is 32.0. The maximum atomic E-state index is 3.57. The molecule has 0 radical (unpaired) electrons. The molecule has 2 heterocycles. The molecule has 2 aliphatic heterocycles. The molecule has 0 aromatic rings. The second-order valence-electron chi connectivity index (χ2n) is 6.32. The molecule has 3 unspecified atom stereocenters. The molecule has 0 saturated carbocycles. The Balaban J connectivity index is 1.63. The number of nitrogens with zero attached hydrogens (tertiary/aromatic N) is 1. The van der Waals surface area contributed by atoms with E-state index in [0.29, 0.717) is 0 Å². The molecule has 0 aliphatic carbocycles. The zero-order valence-electron chi connectivity index (χ0n) is 12.5. The summed E-state index contributed by atoms with van der Waals surface area (Å²) in [5, 5.41) is 3.57. The van der Waals surface area contributed by atoms with E-state index < -0.39 is 0 Å². The minimum absolute atomic E-state index is 0.876. The molecule has 0 aromatic carbocycles. The van der Waals surface area contributed by atoms with Crippen molar-refractivity contribution in [2.75, 3.05) is 26.2 Å². The van der Waals surface area contributed by atoms with Crippen molar-refractivity contribution in [2.45, 2.75) is 64.8 Å². The van der Waals surface area contributed by atoms with Crippen molar-refractivity contribution in [1.29, 1.82) is 0 Å². The van der Waals surface area contributed by atoms with E-state index in [1.165, 1.54) is 71.1 Å². The highest BCUT2D eigenvalue weighted by atomic mass is 15.2. The molecule has 0 spiro atoms. The SMILES string of the molecule is CCCCCCCCN1CC2CNCC2C1CC. The summed E-state index contributed by atoms with van der Waals surface area (Å²) in [4.78, 5) is 2.80. The monoisotopic (exact) mass is 252 g/mol. The molecular weight excluding hydrogens is 220 g/mol. The molecule has 106 valence electrons. The Morgan fingerprint density at radius 3 is 2.56 bits per heavy atom. The number of hydrogen-bond donors (Lipinski definition) is 1. The van der Waals surface area contributed by atoms with Gasteiger partial charge < -0.3 is 5.32 Å². The van der Waals surface area contributed by atoms with Crippen LogP contribution in [0.5, 0.6) is 0 Å². The van der Waals surface area contributed by atoms with Gasteiger partial charge in [-0.25, -0.2) is 0 Å². The molecule has 2 rings (SSSR count). The summed E-state index contributed by atoms with van der Waals surface area (Å²) in [6, 6.07) is 0.876. The summed E-state index contributed by atoms with van der Waals surface area (Å²) >= 11 is 0. The van der Waals surface area contributed by atoms with Gasteiger partial charge in [-0.3, -0.25) is 4.90 Å². The molecule has 18 heavy (non-hydrogen) atoms. The molecule has 0 aromatic heterocycles. The number of hydrogen-bond acceptors (Lipinski definition) is 2. The summed E-state index contributed by atoms with van der Waals surface area (Å²) in [5.41, 5.74) is 0. The van der Waals surface area contributed by atoms with Crippen molar-refractivity contribution in [2.24, 2.45) is 11.8 Å². The summed E-state index contributed by atoms with van der Waals surface area (Å²) in [7, 11) is 0. The Bertz CT molecular complexity index is 229. The van der Waals surface area contributed by atoms with Gasteiger partial charge in [-0.05, 0) is 44.3 Å². The van der Waals surface area contributed by atoms with Crippen LogP contribution in [0.2, 0.25) is 0 Å². The van der Waals surface area contributed by atoms with Crippen molar-refractivity contribution >= 4 is 0 Å². The van der Waals surface area contributed by atoms with E-state index in [0.717, 1.165) is 17.9 Å². The van der Waals surface area contributed by atoms with Gasteiger partial charge in [-0.1, -0.05) is 46.0 Å². The van der Waals surface area contributed by atoms with Crippen LogP contribution in [0.15, 0.2) is 0 Å². The highest BCUT2D eigenvalue weighted by Gasteiger charge is 2.42. The van der Waals surface area contributed by atoms with Crippen molar-refractivity contribution in [3.8, 4) is 0 Å². The highest BCUT2D eigenvalue weighted by Crippen LogP contribution is 2.34. The van der Waals surface area contributed by atoms with Gasteiger partial charge in [-0.2, -0.15) is 0 Å². The standard InChI is InChI=1S/C16H32N2/c1-3-5-6-7-8-9-10-18-13-14-11-17-12-15(14)16(18)4-2/h14-17H,3-13H2,1-2H3. The van der Waals surface area contributed by atoms with Crippen molar-refractivity contribution in [3.63, 3.8) is 0 Å². The molecule has 2 heteroatoms. The van der Waals surface area contributed by atoms with E-state index in [1.807, 2.05) is 0 Å². The predicted octanol–water partition coefficient (Wildman–Crippen LogP) is 3.28. The zero-order chi connectivity index (χ0) is 12.8. The average Bonchev–Trinajstić information content (AvgIpc) is 2.93. The number of nitrogens with one attached hydrogen (secondary N) is 1. The Kier molecular flexibility index (Phi) is 5.97. The lowest BCUT2D eigenvalue weighted by Crippen LogP contribution is -2.35. The van der Waals surface area contributed by atoms with Crippen LogP contribution >= 0.6 is 0 Å². The molecular formula is C16H32N2. The molecule has 3 atom stereocenters. The van der Waals surface area contributed by atoms with Crippen LogP contribution in [0.3, 0.4) is 0 Å². The summed E-state index contributed by atoms with van der Waals surface area (Å²) in [6.45, 7) is 9.94. The Hall–Kier alpha value is -0.0800. The van der Waals surface area contributed by atoms with Crippen molar-refractivity contribution < 1.29 is 0 Å². The molecule has 1 N–H and O–H groups in total. The third kappa shape index (κ3) is 3.48. The molecule has 2 fully saturated rings. The maximum Gasteiger partial charge on any atom is 0.0137 e. The third-order valence-corrected chi connectivity index (χ3v) is 5.04. The fourth-order valence-corrected chi connectivity index (χ4v) is 4.02. The lowest BCUT2D eigenvalue weighted by atomic mass is 9.93. The highest BCUT2D eigenvalue weighted by molar-refractivity contribution is 4.97. The number of fused-ring (bicyclic) bond motifs is 1. The van der Waals surface area contributed by atoms with Crippen LogP contribution in [-0.2, 0) is 0 Å². The van der Waals surface area contributed by atoms with E-state index in [4.69, 9.17) is 0 Å². The first-order valence-corrected chi connectivity index (χ1v) is 8.31. The minimum atomic E-state index is 0.876. The van der Waals surface area contributed by atoms with Gasteiger partial charge >= 0.3 is 0 Å². The molecule has 0 bridgehead atoms. The van der Waals surface area contributed by atoms with Gasteiger partial charge in [0.25, 0.3) is 0 Å². The van der Waals surface area contributed by atoms with Crippen LogP contribution in [0, 0.1) is 11.8 Å². The van der Waals surface area contributed by atoms with Crippen molar-refractivity contribution in [3.05, 3.63) is 0 Å². The van der Waals surface area contributed by atoms with Crippen LogP contribution in [0.4, 0.5) is 0 Å². The summed E-state index contributed by atoms with van der Waals surface area (Å²) in [6.07, 6.45) is 9.90. The topological polar surface area (TPSA) is 15.3 Å². The fourth-order valence-electron chi connectivity index (χ4n) is 4.02. The van der Waals surface area contributed by atoms with Crippen LogP contribution in [0.25, 0.3) is 0 Å². The summed E-state index contributed by atoms with van der Waals surface area (Å²) in [5.74, 6) is 1.91. The van der Waals surface area contributed by atoms with E-state index >= 15 is 0 Å². The smallest absolute Gasteiger partial charge is 0.0137 e. The van der Waals surface area contributed by atoms with E-state index in [9.17, 15) is 0 Å². The number of rotatable bonds is 8. The van der Waals surface area contributed by atoms with E-state index in [-0.39, 0.29) is 0 Å². The molecule has 2 saturated heterocycles. The van der Waals surface area contributed by atoms with Gasteiger partial charge in [0.15, 0.2) is 0 Å². The van der Waals surface area contributed by atoms with Gasteiger partial charge in [0.05, 0.1) is 0 Å². The Labute approximate surface area is 114 Å². The second-order valence-corrected chi connectivity index (χ2v) is 6.32. The lowest BCUT2D eigenvalue weighted by Gasteiger charge is -2.26. The predicted molar refractivity (Wildman–Crippen MR) is 78.9 cm³/mol. The van der Waals surface area contributed by atoms with Crippen molar-refractivity contribution in [1.82, 2.24) is 10.2 Å². The first-order chi connectivity index (χ1) is 8.86. The first kappa shape index (κ1) is 14.3. The number of unbranched alkanes of at least 4 members (excludes halogenated alkanes) is 5. The van der Waals surface area contributed by atoms with Crippen LogP contribution in [0.1, 0.15) is 58.8 Å². The first-order valence-electron chi connectivity index (χ1n) is 8.31. The third-order valence-electron chi connectivity index (χ3n) is 5.04. The average molecular weight is 252 g/mol. The zero-order valence-corrected chi connectivity index (χ0v) is 12.5. The second kappa shape index (κ2) is 7.49. The molecule has 0 amide bonds. The fraction of sp³-hybridized carbons (Fsp3) is 1.00. The van der Waals surface area contributed by atoms with Gasteiger partial charge in [0.2, 0.25) is 0 Å². The van der Waals surface area contributed by atoms with Crippen LogP contribution in [-0.4, -0.2) is 37.1 Å². The lowest BCUT2D eigenvalue weighted by molar-refractivity contribution is 0.214. The Morgan fingerprint density at radius 2 is 1.78 bits per heavy atom.